The van der Waals surface area contributed by atoms with Gasteiger partial charge in [-0.25, -0.2) is 4.39 Å². The van der Waals surface area contributed by atoms with Crippen LogP contribution in [0.25, 0.3) is 0 Å². The Labute approximate surface area is 260 Å². The predicted octanol–water partition coefficient (Wildman–Crippen LogP) is 3.28. The Bertz CT molecular complexity index is 1390. The first-order chi connectivity index (χ1) is 20.4. The first kappa shape index (κ1) is 32.7. The third kappa shape index (κ3) is 7.64. The number of anilines is 1. The van der Waals surface area contributed by atoms with Crippen LogP contribution in [0.1, 0.15) is 44.2 Å². The highest BCUT2D eigenvalue weighted by molar-refractivity contribution is 6.42. The Kier molecular flexibility index (Phi) is 10.7. The quantitative estimate of drug-likeness (QED) is 0.362. The monoisotopic (exact) mass is 635 g/mol. The van der Waals surface area contributed by atoms with E-state index in [0.717, 1.165) is 11.1 Å². The summed E-state index contributed by atoms with van der Waals surface area (Å²) in [7, 11) is 0. The Balaban J connectivity index is 1.49. The molecule has 4 amide bonds. The Morgan fingerprint density at radius 1 is 1.09 bits per heavy atom. The standard InChI is InChI=1S/C30H36Cl2FN5O5/c1-30(2)17-43-14-13-38(30)25(40)10-9-24(39)37-16-19-6-4-3-5-18(19)15-23(37)29(42)36-22(11-12-34)28(41)35-21-8-7-20(31)26(32)27(21)33/h3-8,22-23H,9-17,34H2,1-2H3,(H,35,41)(H,36,42)/t22-,23-/m0/s1. The smallest absolute Gasteiger partial charge is 0.247 e. The van der Waals surface area contributed by atoms with Crippen LogP contribution in [-0.2, 0) is 36.9 Å². The number of benzene rings is 2. The van der Waals surface area contributed by atoms with E-state index >= 15 is 0 Å². The molecule has 4 rings (SSSR count). The highest BCUT2D eigenvalue weighted by atomic mass is 35.5. The number of hydrogen-bond donors (Lipinski definition) is 3. The first-order valence-corrected chi connectivity index (χ1v) is 14.9. The van der Waals surface area contributed by atoms with Crippen molar-refractivity contribution in [3.8, 4) is 0 Å². The van der Waals surface area contributed by atoms with Crippen LogP contribution < -0.4 is 16.4 Å². The zero-order valence-electron chi connectivity index (χ0n) is 24.1. The number of nitrogens with one attached hydrogen (secondary N) is 2. The van der Waals surface area contributed by atoms with Gasteiger partial charge in [-0.2, -0.15) is 0 Å². The fourth-order valence-electron chi connectivity index (χ4n) is 5.38. The number of rotatable bonds is 9. The largest absolute Gasteiger partial charge is 0.377 e. The van der Waals surface area contributed by atoms with Crippen molar-refractivity contribution in [1.29, 1.82) is 0 Å². The number of nitrogens with zero attached hydrogens (tertiary/aromatic N) is 2. The fraction of sp³-hybridized carbons (Fsp3) is 0.467. The highest BCUT2D eigenvalue weighted by Crippen LogP contribution is 2.30. The Morgan fingerprint density at radius 2 is 1.79 bits per heavy atom. The van der Waals surface area contributed by atoms with Crippen molar-refractivity contribution in [1.82, 2.24) is 15.1 Å². The third-order valence-electron chi connectivity index (χ3n) is 7.75. The molecule has 2 aliphatic rings. The van der Waals surface area contributed by atoms with Crippen LogP contribution in [0.15, 0.2) is 36.4 Å². The van der Waals surface area contributed by atoms with Gasteiger partial charge in [0.05, 0.1) is 34.5 Å². The van der Waals surface area contributed by atoms with E-state index in [1.54, 1.807) is 4.90 Å². The normalized spacial score (nSPS) is 18.4. The van der Waals surface area contributed by atoms with Crippen LogP contribution in [0, 0.1) is 5.82 Å². The number of morpholine rings is 1. The minimum Gasteiger partial charge on any atom is -0.377 e. The maximum absolute atomic E-state index is 14.6. The molecule has 2 aromatic rings. The fourth-order valence-corrected chi connectivity index (χ4v) is 5.69. The number of fused-ring (bicyclic) bond motifs is 1. The topological polar surface area (TPSA) is 134 Å². The number of carbonyl (C=O) groups excluding carboxylic acids is 4. The van der Waals surface area contributed by atoms with Gasteiger partial charge < -0.3 is 30.9 Å². The molecule has 2 atom stereocenters. The lowest BCUT2D eigenvalue weighted by atomic mass is 9.92. The molecule has 0 unspecified atom stereocenters. The van der Waals surface area contributed by atoms with Crippen LogP contribution in [-0.4, -0.2) is 77.4 Å². The van der Waals surface area contributed by atoms with E-state index < -0.39 is 35.3 Å². The predicted molar refractivity (Wildman–Crippen MR) is 161 cm³/mol. The summed E-state index contributed by atoms with van der Waals surface area (Å²) in [5.41, 5.74) is 6.83. The lowest BCUT2D eigenvalue weighted by Gasteiger charge is -2.42. The lowest BCUT2D eigenvalue weighted by molar-refractivity contribution is -0.149. The van der Waals surface area contributed by atoms with Gasteiger partial charge in [-0.3, -0.25) is 19.2 Å². The molecule has 0 saturated carbocycles. The number of halogens is 3. The molecule has 2 heterocycles. The first-order valence-electron chi connectivity index (χ1n) is 14.1. The number of carbonyl (C=O) groups is 4. The van der Waals surface area contributed by atoms with Crippen molar-refractivity contribution in [2.45, 2.75) is 63.7 Å². The van der Waals surface area contributed by atoms with Crippen LogP contribution in [0.3, 0.4) is 0 Å². The second-order valence-corrected chi connectivity index (χ2v) is 12.1. The molecule has 1 saturated heterocycles. The second kappa shape index (κ2) is 14.0. The SMILES string of the molecule is CC1(C)COCCN1C(=O)CCC(=O)N1Cc2ccccc2C[C@H]1C(=O)N[C@@H](CCN)C(=O)Nc1ccc(Cl)c(Cl)c1F. The van der Waals surface area contributed by atoms with Crippen molar-refractivity contribution >= 4 is 52.5 Å². The zero-order valence-corrected chi connectivity index (χ0v) is 25.6. The minimum absolute atomic E-state index is 0.0117. The molecular weight excluding hydrogens is 600 g/mol. The maximum Gasteiger partial charge on any atom is 0.247 e. The molecule has 0 aliphatic carbocycles. The molecule has 1 fully saturated rings. The molecule has 43 heavy (non-hydrogen) atoms. The van der Waals surface area contributed by atoms with Crippen LogP contribution >= 0.6 is 23.2 Å². The van der Waals surface area contributed by atoms with Gasteiger partial charge in [0.15, 0.2) is 5.82 Å². The van der Waals surface area contributed by atoms with Crippen molar-refractivity contribution in [2.75, 3.05) is 31.6 Å². The van der Waals surface area contributed by atoms with E-state index in [-0.39, 0.29) is 66.3 Å². The molecule has 10 nitrogen and oxygen atoms in total. The molecule has 0 aromatic heterocycles. The molecule has 2 aromatic carbocycles. The van der Waals surface area contributed by atoms with E-state index in [9.17, 15) is 23.6 Å². The van der Waals surface area contributed by atoms with E-state index in [1.165, 1.54) is 17.0 Å². The van der Waals surface area contributed by atoms with Gasteiger partial charge in [-0.1, -0.05) is 47.5 Å². The summed E-state index contributed by atoms with van der Waals surface area (Å²) in [6.45, 7) is 5.34. The van der Waals surface area contributed by atoms with Crippen molar-refractivity contribution in [2.24, 2.45) is 5.73 Å². The maximum atomic E-state index is 14.6. The van der Waals surface area contributed by atoms with Crippen LogP contribution in [0.2, 0.25) is 10.0 Å². The third-order valence-corrected chi connectivity index (χ3v) is 8.53. The molecule has 4 N–H and O–H groups in total. The van der Waals surface area contributed by atoms with E-state index in [4.69, 9.17) is 33.7 Å². The van der Waals surface area contributed by atoms with Gasteiger partial charge in [0, 0.05) is 32.4 Å². The summed E-state index contributed by atoms with van der Waals surface area (Å²) in [4.78, 5) is 56.5. The van der Waals surface area contributed by atoms with Gasteiger partial charge in [0.25, 0.3) is 0 Å². The van der Waals surface area contributed by atoms with E-state index in [1.807, 2.05) is 38.1 Å². The summed E-state index contributed by atoms with van der Waals surface area (Å²) in [6, 6.07) is 8.03. The van der Waals surface area contributed by atoms with E-state index in [0.29, 0.717) is 19.8 Å². The molecule has 232 valence electrons. The van der Waals surface area contributed by atoms with Gasteiger partial charge in [-0.05, 0) is 50.1 Å². The van der Waals surface area contributed by atoms with Gasteiger partial charge in [-0.15, -0.1) is 0 Å². The Hall–Kier alpha value is -3.25. The van der Waals surface area contributed by atoms with Crippen LogP contribution in [0.4, 0.5) is 10.1 Å². The van der Waals surface area contributed by atoms with Gasteiger partial charge in [0.1, 0.15) is 12.1 Å². The molecular formula is C30H36Cl2FN5O5. The molecule has 0 bridgehead atoms. The summed E-state index contributed by atoms with van der Waals surface area (Å²) < 4.78 is 20.1. The molecule has 0 spiro atoms. The van der Waals surface area contributed by atoms with Crippen molar-refractivity contribution in [3.05, 3.63) is 63.4 Å². The lowest BCUT2D eigenvalue weighted by Crippen LogP contribution is -2.57. The zero-order chi connectivity index (χ0) is 31.3. The minimum atomic E-state index is -1.12. The number of hydrogen-bond acceptors (Lipinski definition) is 6. The van der Waals surface area contributed by atoms with E-state index in [2.05, 4.69) is 10.6 Å². The number of amides is 4. The summed E-state index contributed by atoms with van der Waals surface area (Å²) in [6.07, 6.45) is 0.182. The van der Waals surface area contributed by atoms with Crippen molar-refractivity contribution in [3.63, 3.8) is 0 Å². The number of ether oxygens (including phenoxy) is 1. The average molecular weight is 637 g/mol. The molecule has 0 radical (unpaired) electrons. The number of nitrogens with two attached hydrogens (primary N) is 1. The Morgan fingerprint density at radius 3 is 2.49 bits per heavy atom. The summed E-state index contributed by atoms with van der Waals surface area (Å²) in [5.74, 6) is -2.69. The van der Waals surface area contributed by atoms with Gasteiger partial charge >= 0.3 is 0 Å². The molecule has 2 aliphatic heterocycles. The average Bonchev–Trinajstić information content (AvgIpc) is 2.98. The summed E-state index contributed by atoms with van der Waals surface area (Å²) in [5, 5.41) is 4.78. The summed E-state index contributed by atoms with van der Waals surface area (Å²) >= 11 is 11.7. The van der Waals surface area contributed by atoms with Crippen molar-refractivity contribution < 1.29 is 28.3 Å². The highest BCUT2D eigenvalue weighted by Gasteiger charge is 2.38. The van der Waals surface area contributed by atoms with Crippen LogP contribution in [0.5, 0.6) is 0 Å². The second-order valence-electron chi connectivity index (χ2n) is 11.3. The molecule has 13 heteroatoms. The van der Waals surface area contributed by atoms with Gasteiger partial charge in [0.2, 0.25) is 23.6 Å².